The van der Waals surface area contributed by atoms with E-state index in [2.05, 4.69) is 20.8 Å². The van der Waals surface area contributed by atoms with Crippen LogP contribution in [0.25, 0.3) is 0 Å². The summed E-state index contributed by atoms with van der Waals surface area (Å²) in [5.41, 5.74) is 0.912. The van der Waals surface area contributed by atoms with E-state index in [-0.39, 0.29) is 16.9 Å². The smallest absolute Gasteiger partial charge is 0.131 e. The highest BCUT2D eigenvalue weighted by atomic mass is 19.1. The molecule has 1 unspecified atom stereocenters. The predicted octanol–water partition coefficient (Wildman–Crippen LogP) is 5.16. The second-order valence-electron chi connectivity index (χ2n) is 7.55. The first-order valence-electron chi connectivity index (χ1n) is 7.83. The maximum Gasteiger partial charge on any atom is 0.131 e. The number of rotatable bonds is 2. The first kappa shape index (κ1) is 16.4. The minimum Gasteiger partial charge on any atom is -0.388 e. The molecule has 0 amide bonds. The molecule has 3 heteroatoms. The van der Waals surface area contributed by atoms with E-state index >= 15 is 0 Å². The van der Waals surface area contributed by atoms with Crippen LogP contribution in [0.5, 0.6) is 0 Å². The minimum atomic E-state index is -0.829. The van der Waals surface area contributed by atoms with E-state index in [9.17, 15) is 13.9 Å². The third-order valence-electron chi connectivity index (χ3n) is 5.04. The highest BCUT2D eigenvalue weighted by Crippen LogP contribution is 2.43. The monoisotopic (exact) mass is 296 g/mol. The van der Waals surface area contributed by atoms with Gasteiger partial charge in [0, 0.05) is 11.6 Å². The molecule has 1 aliphatic carbocycles. The fourth-order valence-electron chi connectivity index (χ4n) is 3.46. The Morgan fingerprint density at radius 3 is 2.14 bits per heavy atom. The van der Waals surface area contributed by atoms with Gasteiger partial charge in [-0.3, -0.25) is 0 Å². The van der Waals surface area contributed by atoms with Crippen molar-refractivity contribution in [1.82, 2.24) is 0 Å². The summed E-state index contributed by atoms with van der Waals surface area (Å²) in [6.07, 6.45) is 3.10. The highest BCUT2D eigenvalue weighted by molar-refractivity contribution is 5.27. The number of aliphatic hydroxyl groups excluding tert-OH is 1. The van der Waals surface area contributed by atoms with E-state index in [1.165, 1.54) is 6.07 Å². The van der Waals surface area contributed by atoms with Crippen LogP contribution in [0.3, 0.4) is 0 Å². The number of benzene rings is 1. The Bertz CT molecular complexity index is 497. The third-order valence-corrected chi connectivity index (χ3v) is 5.04. The second kappa shape index (κ2) is 6.04. The standard InChI is InChI=1S/C18H26F2O/c1-11-9-14(16(20)10-15(11)19)17(21)12-5-7-13(8-6-12)18(2,3)4/h9-10,12-13,17,21H,5-8H2,1-4H3. The molecule has 0 aliphatic heterocycles. The molecule has 0 heterocycles. The summed E-state index contributed by atoms with van der Waals surface area (Å²) in [7, 11) is 0. The van der Waals surface area contributed by atoms with Gasteiger partial charge in [0.15, 0.2) is 0 Å². The molecular weight excluding hydrogens is 270 g/mol. The minimum absolute atomic E-state index is 0.0722. The molecule has 2 rings (SSSR count). The molecule has 0 saturated heterocycles. The number of hydrogen-bond donors (Lipinski definition) is 1. The predicted molar refractivity (Wildman–Crippen MR) is 81.0 cm³/mol. The van der Waals surface area contributed by atoms with Crippen molar-refractivity contribution in [2.75, 3.05) is 0 Å². The lowest BCUT2D eigenvalue weighted by molar-refractivity contribution is 0.0505. The Labute approximate surface area is 126 Å². The molecule has 1 aromatic carbocycles. The molecule has 0 aromatic heterocycles. The van der Waals surface area contributed by atoms with Gasteiger partial charge in [0.25, 0.3) is 0 Å². The van der Waals surface area contributed by atoms with Crippen molar-refractivity contribution in [2.24, 2.45) is 17.3 Å². The van der Waals surface area contributed by atoms with Gasteiger partial charge < -0.3 is 5.11 Å². The fraction of sp³-hybridized carbons (Fsp3) is 0.667. The van der Waals surface area contributed by atoms with Crippen molar-refractivity contribution in [2.45, 2.75) is 59.5 Å². The van der Waals surface area contributed by atoms with E-state index in [1.807, 2.05) is 0 Å². The molecule has 1 fully saturated rings. The molecule has 0 spiro atoms. The Morgan fingerprint density at radius 1 is 1.05 bits per heavy atom. The fourth-order valence-corrected chi connectivity index (χ4v) is 3.46. The SMILES string of the molecule is Cc1cc(C(O)C2CCC(C(C)(C)C)CC2)c(F)cc1F. The lowest BCUT2D eigenvalue weighted by Gasteiger charge is -2.38. The van der Waals surface area contributed by atoms with Gasteiger partial charge in [0.05, 0.1) is 6.10 Å². The Balaban J connectivity index is 2.09. The maximum absolute atomic E-state index is 13.9. The van der Waals surface area contributed by atoms with Gasteiger partial charge in [-0.25, -0.2) is 8.78 Å². The average Bonchev–Trinajstić information content (AvgIpc) is 2.41. The molecule has 1 nitrogen and oxygen atoms in total. The Morgan fingerprint density at radius 2 is 1.62 bits per heavy atom. The van der Waals surface area contributed by atoms with Gasteiger partial charge in [-0.2, -0.15) is 0 Å². The quantitative estimate of drug-likeness (QED) is 0.799. The molecule has 0 bridgehead atoms. The lowest BCUT2D eigenvalue weighted by Crippen LogP contribution is -2.28. The van der Waals surface area contributed by atoms with Crippen LogP contribution in [-0.4, -0.2) is 5.11 Å². The van der Waals surface area contributed by atoms with Crippen LogP contribution in [0.2, 0.25) is 0 Å². The van der Waals surface area contributed by atoms with Crippen molar-refractivity contribution in [3.05, 3.63) is 34.9 Å². The first-order valence-corrected chi connectivity index (χ1v) is 7.83. The zero-order valence-electron chi connectivity index (χ0n) is 13.4. The normalized spacial score (nSPS) is 24.9. The summed E-state index contributed by atoms with van der Waals surface area (Å²) in [6.45, 7) is 8.34. The third kappa shape index (κ3) is 3.63. The molecular formula is C18H26F2O. The zero-order valence-corrected chi connectivity index (χ0v) is 13.4. The molecule has 1 N–H and O–H groups in total. The van der Waals surface area contributed by atoms with Crippen molar-refractivity contribution in [3.63, 3.8) is 0 Å². The Hall–Kier alpha value is -0.960. The summed E-state index contributed by atoms with van der Waals surface area (Å²) in [4.78, 5) is 0. The van der Waals surface area contributed by atoms with Gasteiger partial charge in [-0.05, 0) is 61.5 Å². The van der Waals surface area contributed by atoms with Crippen LogP contribution < -0.4 is 0 Å². The van der Waals surface area contributed by atoms with E-state index in [0.29, 0.717) is 11.5 Å². The molecule has 1 aromatic rings. The summed E-state index contributed by atoms with van der Waals surface area (Å²) in [6, 6.07) is 2.33. The summed E-state index contributed by atoms with van der Waals surface area (Å²) < 4.78 is 27.2. The van der Waals surface area contributed by atoms with E-state index in [4.69, 9.17) is 0 Å². The lowest BCUT2D eigenvalue weighted by atomic mass is 9.68. The van der Waals surface area contributed by atoms with Crippen LogP contribution >= 0.6 is 0 Å². The maximum atomic E-state index is 13.9. The summed E-state index contributed by atoms with van der Waals surface area (Å²) >= 11 is 0. The molecule has 1 aliphatic rings. The van der Waals surface area contributed by atoms with Crippen LogP contribution in [0.15, 0.2) is 12.1 Å². The van der Waals surface area contributed by atoms with Crippen LogP contribution in [0.1, 0.15) is 63.7 Å². The summed E-state index contributed by atoms with van der Waals surface area (Å²) in [5.74, 6) is -0.466. The van der Waals surface area contributed by atoms with Gasteiger partial charge in [0.2, 0.25) is 0 Å². The van der Waals surface area contributed by atoms with Crippen molar-refractivity contribution < 1.29 is 13.9 Å². The van der Waals surface area contributed by atoms with Crippen LogP contribution in [0, 0.1) is 35.8 Å². The number of hydrogen-bond acceptors (Lipinski definition) is 1. The van der Waals surface area contributed by atoms with Crippen LogP contribution in [0.4, 0.5) is 8.78 Å². The molecule has 118 valence electrons. The topological polar surface area (TPSA) is 20.2 Å². The van der Waals surface area contributed by atoms with Crippen molar-refractivity contribution in [3.8, 4) is 0 Å². The second-order valence-corrected chi connectivity index (χ2v) is 7.55. The average molecular weight is 296 g/mol. The van der Waals surface area contributed by atoms with Gasteiger partial charge >= 0.3 is 0 Å². The highest BCUT2D eigenvalue weighted by Gasteiger charge is 2.33. The van der Waals surface area contributed by atoms with Gasteiger partial charge in [0.1, 0.15) is 11.6 Å². The van der Waals surface area contributed by atoms with E-state index < -0.39 is 17.7 Å². The van der Waals surface area contributed by atoms with E-state index in [0.717, 1.165) is 31.7 Å². The number of halogens is 2. The largest absolute Gasteiger partial charge is 0.388 e. The number of aryl methyl sites for hydroxylation is 1. The van der Waals surface area contributed by atoms with E-state index in [1.54, 1.807) is 6.92 Å². The molecule has 0 radical (unpaired) electrons. The van der Waals surface area contributed by atoms with Gasteiger partial charge in [-0.15, -0.1) is 0 Å². The van der Waals surface area contributed by atoms with Crippen molar-refractivity contribution >= 4 is 0 Å². The molecule has 21 heavy (non-hydrogen) atoms. The zero-order chi connectivity index (χ0) is 15.8. The first-order chi connectivity index (χ1) is 9.70. The number of aliphatic hydroxyl groups is 1. The van der Waals surface area contributed by atoms with Crippen molar-refractivity contribution in [1.29, 1.82) is 0 Å². The van der Waals surface area contributed by atoms with Gasteiger partial charge in [-0.1, -0.05) is 20.8 Å². The summed E-state index contributed by atoms with van der Waals surface area (Å²) in [5, 5.41) is 10.5. The molecule has 1 atom stereocenters. The van der Waals surface area contributed by atoms with Crippen LogP contribution in [-0.2, 0) is 0 Å². The molecule has 1 saturated carbocycles. The Kier molecular flexibility index (Phi) is 4.72.